The van der Waals surface area contributed by atoms with Crippen molar-refractivity contribution >= 4 is 6.29 Å². The van der Waals surface area contributed by atoms with Gasteiger partial charge in [-0.05, 0) is 80.0 Å². The van der Waals surface area contributed by atoms with Crippen LogP contribution in [-0.4, -0.2) is 17.0 Å². The van der Waals surface area contributed by atoms with E-state index in [1.165, 1.54) is 44.9 Å². The highest BCUT2D eigenvalue weighted by Crippen LogP contribution is 2.63. The molecule has 2 fully saturated rings. The zero-order chi connectivity index (χ0) is 23.2. The van der Waals surface area contributed by atoms with Gasteiger partial charge in [-0.15, -0.1) is 0 Å². The van der Waals surface area contributed by atoms with E-state index in [1.54, 1.807) is 0 Å². The minimum atomic E-state index is -1.05. The predicted molar refractivity (Wildman–Crippen MR) is 133 cm³/mol. The van der Waals surface area contributed by atoms with E-state index in [4.69, 9.17) is 0 Å². The van der Waals surface area contributed by atoms with E-state index in [-0.39, 0.29) is 11.8 Å². The van der Waals surface area contributed by atoms with E-state index >= 15 is 0 Å². The van der Waals surface area contributed by atoms with Crippen molar-refractivity contribution in [2.24, 2.45) is 46.8 Å². The van der Waals surface area contributed by atoms with Gasteiger partial charge in [-0.25, -0.2) is 0 Å². The fourth-order valence-electron chi connectivity index (χ4n) is 7.39. The molecule has 2 heteroatoms. The van der Waals surface area contributed by atoms with E-state index in [0.717, 1.165) is 43.3 Å². The summed E-state index contributed by atoms with van der Waals surface area (Å²) in [6, 6.07) is 0. The largest absolute Gasteiger partial charge is 0.385 e. The van der Waals surface area contributed by atoms with Crippen LogP contribution in [0.2, 0.25) is 0 Å². The Hall–Kier alpha value is -0.630. The Bertz CT molecular complexity index is 577. The van der Waals surface area contributed by atoms with Crippen LogP contribution in [0.3, 0.4) is 0 Å². The van der Waals surface area contributed by atoms with Crippen LogP contribution in [-0.2, 0) is 4.79 Å². The van der Waals surface area contributed by atoms with Crippen molar-refractivity contribution in [3.63, 3.8) is 0 Å². The molecular weight excluding hydrogens is 380 g/mol. The molecule has 180 valence electrons. The molecule has 8 atom stereocenters. The molecule has 0 aromatic carbocycles. The highest BCUT2D eigenvalue weighted by molar-refractivity contribution is 5.57. The zero-order valence-electron chi connectivity index (χ0n) is 21.7. The monoisotopic (exact) mass is 432 g/mol. The molecule has 0 saturated heterocycles. The Balaban J connectivity index is 2.19. The van der Waals surface area contributed by atoms with Crippen molar-refractivity contribution in [3.05, 3.63) is 12.2 Å². The van der Waals surface area contributed by atoms with Gasteiger partial charge >= 0.3 is 0 Å². The molecule has 31 heavy (non-hydrogen) atoms. The molecule has 0 amide bonds. The minimum Gasteiger partial charge on any atom is -0.385 e. The maximum Gasteiger partial charge on any atom is 0.126 e. The molecule has 2 aliphatic carbocycles. The lowest BCUT2D eigenvalue weighted by Crippen LogP contribution is -2.50. The van der Waals surface area contributed by atoms with E-state index in [9.17, 15) is 9.90 Å². The molecule has 0 bridgehead atoms. The van der Waals surface area contributed by atoms with Gasteiger partial charge in [0, 0.05) is 0 Å². The first-order valence-corrected chi connectivity index (χ1v) is 13.4. The molecule has 0 aliphatic heterocycles. The molecule has 2 aliphatic rings. The van der Waals surface area contributed by atoms with Gasteiger partial charge in [0.1, 0.15) is 6.29 Å². The Morgan fingerprint density at radius 2 is 1.84 bits per heavy atom. The quantitative estimate of drug-likeness (QED) is 0.194. The normalized spacial score (nSPS) is 35.1. The summed E-state index contributed by atoms with van der Waals surface area (Å²) in [5.41, 5.74) is -0.731. The summed E-state index contributed by atoms with van der Waals surface area (Å²) in [6.45, 7) is 16.0. The first kappa shape index (κ1) is 26.6. The van der Waals surface area contributed by atoms with Gasteiger partial charge in [0.2, 0.25) is 0 Å². The fraction of sp³-hybridized carbons (Fsp3) is 0.897. The molecule has 2 nitrogen and oxygen atoms in total. The molecule has 0 radical (unpaired) electrons. The molecule has 0 aromatic heterocycles. The molecule has 3 unspecified atom stereocenters. The van der Waals surface area contributed by atoms with E-state index in [2.05, 4.69) is 47.6 Å². The predicted octanol–water partition coefficient (Wildman–Crippen LogP) is 7.84. The van der Waals surface area contributed by atoms with Crippen LogP contribution in [0, 0.1) is 46.8 Å². The van der Waals surface area contributed by atoms with Gasteiger partial charge in [0.05, 0.1) is 11.5 Å². The number of fused-ring (bicyclic) bond motifs is 1. The number of unbranched alkanes of at least 4 members (excludes halogenated alkanes) is 2. The lowest BCUT2D eigenvalue weighted by Gasteiger charge is -2.52. The van der Waals surface area contributed by atoms with Crippen LogP contribution in [0.15, 0.2) is 12.2 Å². The molecule has 2 saturated carbocycles. The molecule has 0 aromatic rings. The van der Waals surface area contributed by atoms with Crippen LogP contribution in [0.4, 0.5) is 0 Å². The van der Waals surface area contributed by atoms with Gasteiger partial charge in [0.25, 0.3) is 0 Å². The third-order valence-electron chi connectivity index (χ3n) is 9.29. The highest BCUT2D eigenvalue weighted by atomic mass is 16.3. The maximum atomic E-state index is 12.4. The van der Waals surface area contributed by atoms with Crippen molar-refractivity contribution in [3.8, 4) is 0 Å². The first-order chi connectivity index (χ1) is 14.6. The zero-order valence-corrected chi connectivity index (χ0v) is 21.7. The second kappa shape index (κ2) is 11.5. The van der Waals surface area contributed by atoms with Crippen molar-refractivity contribution in [1.29, 1.82) is 0 Å². The summed E-state index contributed by atoms with van der Waals surface area (Å²) >= 11 is 0. The topological polar surface area (TPSA) is 37.3 Å². The number of aldehydes is 1. The van der Waals surface area contributed by atoms with E-state index < -0.39 is 5.60 Å². The van der Waals surface area contributed by atoms with Gasteiger partial charge in [-0.1, -0.05) is 85.8 Å². The van der Waals surface area contributed by atoms with Gasteiger partial charge < -0.3 is 9.90 Å². The lowest BCUT2D eigenvalue weighted by molar-refractivity contribution is -0.128. The van der Waals surface area contributed by atoms with Gasteiger partial charge in [0.15, 0.2) is 0 Å². The third-order valence-corrected chi connectivity index (χ3v) is 9.29. The highest BCUT2D eigenvalue weighted by Gasteiger charge is 2.57. The van der Waals surface area contributed by atoms with Gasteiger partial charge in [-0.2, -0.15) is 0 Å². The van der Waals surface area contributed by atoms with Crippen molar-refractivity contribution in [2.45, 2.75) is 118 Å². The van der Waals surface area contributed by atoms with Gasteiger partial charge in [-0.3, -0.25) is 0 Å². The van der Waals surface area contributed by atoms with Crippen LogP contribution in [0.1, 0.15) is 113 Å². The molecular formula is C29H52O2. The Morgan fingerprint density at radius 1 is 1.13 bits per heavy atom. The average molecular weight is 433 g/mol. The van der Waals surface area contributed by atoms with E-state index in [0.29, 0.717) is 17.3 Å². The van der Waals surface area contributed by atoms with Crippen molar-refractivity contribution in [2.75, 3.05) is 0 Å². The smallest absolute Gasteiger partial charge is 0.126 e. The molecule has 1 N–H and O–H groups in total. The van der Waals surface area contributed by atoms with Crippen LogP contribution in [0.5, 0.6) is 0 Å². The van der Waals surface area contributed by atoms with Crippen LogP contribution >= 0.6 is 0 Å². The molecule has 0 heterocycles. The van der Waals surface area contributed by atoms with Crippen LogP contribution in [0.25, 0.3) is 0 Å². The first-order valence-electron chi connectivity index (χ1n) is 13.4. The Morgan fingerprint density at radius 3 is 2.45 bits per heavy atom. The standard InChI is InChI=1S/C29H52O2/c1-8-9-10-11-18-29(7,31)26(20-30)27-23(5)17-19-28(6)24(15-16-25(27)28)22(4)14-12-13-21(2)3/h11,18,20-27,31H,8-10,12-17,19H2,1-7H3/b18-11-/t22-,23?,24-,25?,26-,27?,28-,29-/m1/s1. The summed E-state index contributed by atoms with van der Waals surface area (Å²) in [5.74, 6) is 3.34. The number of rotatable bonds is 12. The fourth-order valence-corrected chi connectivity index (χ4v) is 7.39. The molecule has 2 rings (SSSR count). The maximum absolute atomic E-state index is 12.4. The number of allylic oxidation sites excluding steroid dienone is 1. The van der Waals surface area contributed by atoms with E-state index in [1.807, 2.05) is 13.0 Å². The molecule has 0 spiro atoms. The number of hydrogen-bond acceptors (Lipinski definition) is 2. The summed E-state index contributed by atoms with van der Waals surface area (Å²) in [7, 11) is 0. The van der Waals surface area contributed by atoms with Crippen molar-refractivity contribution in [1.82, 2.24) is 0 Å². The Labute approximate surface area is 193 Å². The van der Waals surface area contributed by atoms with Crippen molar-refractivity contribution < 1.29 is 9.90 Å². The Kier molecular flexibility index (Phi) is 9.86. The second-order valence-electron chi connectivity index (χ2n) is 12.1. The number of aliphatic hydroxyl groups is 1. The minimum absolute atomic E-state index is 0.287. The summed E-state index contributed by atoms with van der Waals surface area (Å²) < 4.78 is 0. The number of carbonyl (C=O) groups excluding carboxylic acids is 1. The second-order valence-corrected chi connectivity index (χ2v) is 12.1. The lowest BCUT2D eigenvalue weighted by atomic mass is 9.53. The summed E-state index contributed by atoms with van der Waals surface area (Å²) in [4.78, 5) is 12.4. The third kappa shape index (κ3) is 6.24. The van der Waals surface area contributed by atoms with Crippen LogP contribution < -0.4 is 0 Å². The average Bonchev–Trinajstić information content (AvgIpc) is 3.04. The SMILES string of the molecule is CCCC/C=C\[C@@](C)(O)[C@H](C=O)C1C(C)CC[C@@]2(C)C1CC[C@@H]2[C@H](C)CCCC(C)C. The summed E-state index contributed by atoms with van der Waals surface area (Å²) in [5, 5.41) is 11.4. The number of hydrogen-bond donors (Lipinski definition) is 1. The number of carbonyl (C=O) groups is 1. The summed E-state index contributed by atoms with van der Waals surface area (Å²) in [6.07, 6.45) is 17.4.